The molecule has 0 saturated carbocycles. The van der Waals surface area contributed by atoms with Crippen molar-refractivity contribution >= 4 is 16.0 Å². The number of carbonyl (C=O) groups is 1. The molecule has 0 aromatic carbocycles. The molecule has 0 atom stereocenters. The van der Waals surface area contributed by atoms with Crippen LogP contribution in [-0.2, 0) is 24.3 Å². The lowest BCUT2D eigenvalue weighted by molar-refractivity contribution is -0.139. The molecule has 2 N–H and O–H groups in total. The molecule has 0 unspecified atom stereocenters. The van der Waals surface area contributed by atoms with Gasteiger partial charge in [0.25, 0.3) is 0 Å². The Labute approximate surface area is 94.8 Å². The van der Waals surface area contributed by atoms with Crippen LogP contribution in [0.5, 0.6) is 0 Å². The standard InChI is InChI=1S/C8H17NO6S/c1-2-15-8(11)7-16(12,13)9-3-5-14-6-4-10/h9-10H,2-7H2,1H3. The molecule has 0 aromatic heterocycles. The molecule has 0 radical (unpaired) electrons. The lowest BCUT2D eigenvalue weighted by atomic mass is 10.7. The molecule has 16 heavy (non-hydrogen) atoms. The maximum atomic E-state index is 11.2. The van der Waals surface area contributed by atoms with Crippen LogP contribution in [0.15, 0.2) is 0 Å². The number of nitrogens with one attached hydrogen (secondary N) is 1. The Morgan fingerprint density at radius 2 is 2.06 bits per heavy atom. The zero-order chi connectivity index (χ0) is 12.4. The van der Waals surface area contributed by atoms with Gasteiger partial charge < -0.3 is 14.6 Å². The van der Waals surface area contributed by atoms with E-state index < -0.39 is 21.7 Å². The molecule has 0 aliphatic carbocycles. The number of hydrogen-bond acceptors (Lipinski definition) is 6. The monoisotopic (exact) mass is 255 g/mol. The number of aliphatic hydroxyl groups is 1. The summed E-state index contributed by atoms with van der Waals surface area (Å²) in [7, 11) is -3.66. The van der Waals surface area contributed by atoms with Crippen molar-refractivity contribution in [1.82, 2.24) is 4.72 Å². The highest BCUT2D eigenvalue weighted by Crippen LogP contribution is 1.88. The van der Waals surface area contributed by atoms with E-state index in [1.54, 1.807) is 6.92 Å². The minimum absolute atomic E-state index is 0.0573. The molecule has 0 aromatic rings. The van der Waals surface area contributed by atoms with Gasteiger partial charge in [-0.15, -0.1) is 0 Å². The van der Waals surface area contributed by atoms with E-state index in [2.05, 4.69) is 9.46 Å². The maximum Gasteiger partial charge on any atom is 0.322 e. The lowest BCUT2D eigenvalue weighted by Crippen LogP contribution is -2.33. The molecule has 96 valence electrons. The molecule has 0 bridgehead atoms. The van der Waals surface area contributed by atoms with E-state index >= 15 is 0 Å². The van der Waals surface area contributed by atoms with E-state index in [0.29, 0.717) is 0 Å². The summed E-state index contributed by atoms with van der Waals surface area (Å²) in [6.45, 7) is 1.98. The number of sulfonamides is 1. The molecule has 0 rings (SSSR count). The first-order chi connectivity index (χ1) is 7.52. The van der Waals surface area contributed by atoms with Crippen molar-refractivity contribution < 1.29 is 27.8 Å². The van der Waals surface area contributed by atoms with Gasteiger partial charge >= 0.3 is 5.97 Å². The first kappa shape index (κ1) is 15.3. The number of carbonyl (C=O) groups excluding carboxylic acids is 1. The van der Waals surface area contributed by atoms with Crippen molar-refractivity contribution in [3.63, 3.8) is 0 Å². The minimum atomic E-state index is -3.66. The smallest absolute Gasteiger partial charge is 0.322 e. The Morgan fingerprint density at radius 3 is 2.62 bits per heavy atom. The Morgan fingerprint density at radius 1 is 1.38 bits per heavy atom. The maximum absolute atomic E-state index is 11.2. The fourth-order valence-corrected chi connectivity index (χ4v) is 1.73. The zero-order valence-electron chi connectivity index (χ0n) is 9.14. The molecule has 0 amide bonds. The Bertz CT molecular complexity index is 289. The first-order valence-corrected chi connectivity index (χ1v) is 6.48. The van der Waals surface area contributed by atoms with Gasteiger partial charge in [0.1, 0.15) is 0 Å². The average molecular weight is 255 g/mol. The highest BCUT2D eigenvalue weighted by atomic mass is 32.2. The van der Waals surface area contributed by atoms with Gasteiger partial charge in [-0.3, -0.25) is 4.79 Å². The average Bonchev–Trinajstić information content (AvgIpc) is 2.16. The van der Waals surface area contributed by atoms with E-state index in [4.69, 9.17) is 9.84 Å². The topological polar surface area (TPSA) is 102 Å². The molecule has 0 saturated heterocycles. The summed E-state index contributed by atoms with van der Waals surface area (Å²) >= 11 is 0. The number of esters is 1. The summed E-state index contributed by atoms with van der Waals surface area (Å²) in [4.78, 5) is 10.9. The molecular formula is C8H17NO6S. The molecule has 0 fully saturated rings. The first-order valence-electron chi connectivity index (χ1n) is 4.83. The summed E-state index contributed by atoms with van der Waals surface area (Å²) in [6.07, 6.45) is 0. The lowest BCUT2D eigenvalue weighted by Gasteiger charge is -2.06. The molecule has 0 heterocycles. The van der Waals surface area contributed by atoms with E-state index in [-0.39, 0.29) is 33.0 Å². The number of ether oxygens (including phenoxy) is 2. The quantitative estimate of drug-likeness (QED) is 0.383. The van der Waals surface area contributed by atoms with Crippen LogP contribution in [0.25, 0.3) is 0 Å². The van der Waals surface area contributed by atoms with Crippen molar-refractivity contribution in [2.24, 2.45) is 0 Å². The van der Waals surface area contributed by atoms with Crippen molar-refractivity contribution in [3.05, 3.63) is 0 Å². The fourth-order valence-electron chi connectivity index (χ4n) is 0.845. The predicted octanol–water partition coefficient (Wildman–Crippen LogP) is -1.52. The molecule has 0 aliphatic heterocycles. The van der Waals surface area contributed by atoms with Crippen molar-refractivity contribution in [2.75, 3.05) is 38.7 Å². The van der Waals surface area contributed by atoms with Gasteiger partial charge in [0.15, 0.2) is 5.75 Å². The van der Waals surface area contributed by atoms with Gasteiger partial charge in [-0.1, -0.05) is 0 Å². The Balaban J connectivity index is 3.74. The van der Waals surface area contributed by atoms with Gasteiger partial charge in [0, 0.05) is 6.54 Å². The molecule has 0 aliphatic rings. The van der Waals surface area contributed by atoms with Crippen molar-refractivity contribution in [1.29, 1.82) is 0 Å². The van der Waals surface area contributed by atoms with Gasteiger partial charge in [0.2, 0.25) is 10.0 Å². The van der Waals surface area contributed by atoms with Gasteiger partial charge in [0.05, 0.1) is 26.4 Å². The summed E-state index contributed by atoms with van der Waals surface area (Å²) in [5.41, 5.74) is 0. The normalized spacial score (nSPS) is 11.4. The van der Waals surface area contributed by atoms with E-state index in [1.165, 1.54) is 0 Å². The third-order valence-electron chi connectivity index (χ3n) is 1.42. The van der Waals surface area contributed by atoms with Gasteiger partial charge in [-0.25, -0.2) is 13.1 Å². The molecule has 8 heteroatoms. The highest BCUT2D eigenvalue weighted by molar-refractivity contribution is 7.90. The van der Waals surface area contributed by atoms with Crippen LogP contribution < -0.4 is 4.72 Å². The number of hydrogen-bond donors (Lipinski definition) is 2. The highest BCUT2D eigenvalue weighted by Gasteiger charge is 2.16. The van der Waals surface area contributed by atoms with E-state index in [1.807, 2.05) is 0 Å². The van der Waals surface area contributed by atoms with E-state index in [9.17, 15) is 13.2 Å². The van der Waals surface area contributed by atoms with Crippen LogP contribution in [0, 0.1) is 0 Å². The largest absolute Gasteiger partial charge is 0.465 e. The van der Waals surface area contributed by atoms with Crippen molar-refractivity contribution in [2.45, 2.75) is 6.92 Å². The number of rotatable bonds is 9. The summed E-state index contributed by atoms with van der Waals surface area (Å²) in [5, 5.41) is 8.38. The third kappa shape index (κ3) is 8.60. The molecular weight excluding hydrogens is 238 g/mol. The van der Waals surface area contributed by atoms with Crippen LogP contribution in [0.1, 0.15) is 6.92 Å². The SMILES string of the molecule is CCOC(=O)CS(=O)(=O)NCCOCCO. The second-order valence-corrected chi connectivity index (χ2v) is 4.60. The second kappa shape index (κ2) is 8.45. The third-order valence-corrected chi connectivity index (χ3v) is 2.68. The van der Waals surface area contributed by atoms with Gasteiger partial charge in [-0.2, -0.15) is 0 Å². The predicted molar refractivity (Wildman–Crippen MR) is 56.3 cm³/mol. The summed E-state index contributed by atoms with van der Waals surface area (Å²) in [6, 6.07) is 0. The van der Waals surface area contributed by atoms with Crippen LogP contribution in [0.3, 0.4) is 0 Å². The summed E-state index contributed by atoms with van der Waals surface area (Å²) in [5.74, 6) is -1.48. The van der Waals surface area contributed by atoms with Gasteiger partial charge in [-0.05, 0) is 6.92 Å². The van der Waals surface area contributed by atoms with Crippen molar-refractivity contribution in [3.8, 4) is 0 Å². The number of aliphatic hydroxyl groups excluding tert-OH is 1. The van der Waals surface area contributed by atoms with E-state index in [0.717, 1.165) is 0 Å². The van der Waals surface area contributed by atoms with Crippen LogP contribution >= 0.6 is 0 Å². The van der Waals surface area contributed by atoms with Crippen LogP contribution in [-0.4, -0.2) is 58.2 Å². The Kier molecular flexibility index (Phi) is 8.08. The summed E-state index contributed by atoms with van der Waals surface area (Å²) < 4.78 is 34.0. The minimum Gasteiger partial charge on any atom is -0.465 e. The van der Waals surface area contributed by atoms with Crippen LogP contribution in [0.2, 0.25) is 0 Å². The molecule has 0 spiro atoms. The Hall–Kier alpha value is -0.700. The fraction of sp³-hybridized carbons (Fsp3) is 0.875. The second-order valence-electron chi connectivity index (χ2n) is 2.79. The zero-order valence-corrected chi connectivity index (χ0v) is 9.96. The van der Waals surface area contributed by atoms with Crippen LogP contribution in [0.4, 0.5) is 0 Å². The molecule has 7 nitrogen and oxygen atoms in total.